The summed E-state index contributed by atoms with van der Waals surface area (Å²) in [5.74, 6) is 0. The molecule has 1 heterocycles. The van der Waals surface area contributed by atoms with Gasteiger partial charge in [-0.3, -0.25) is 0 Å². The molecule has 0 bridgehead atoms. The average Bonchev–Trinajstić information content (AvgIpc) is 2.69. The van der Waals surface area contributed by atoms with Gasteiger partial charge in [0, 0.05) is 19.0 Å². The molecule has 0 fully saturated rings. The van der Waals surface area contributed by atoms with Crippen LogP contribution in [0.5, 0.6) is 0 Å². The molecule has 1 unspecified atom stereocenters. The van der Waals surface area contributed by atoms with E-state index in [1.165, 1.54) is 4.70 Å². The lowest BCUT2D eigenvalue weighted by Gasteiger charge is -2.15. The minimum Gasteiger partial charge on any atom is -0.351 e. The van der Waals surface area contributed by atoms with Gasteiger partial charge in [-0.05, 0) is 25.5 Å². The Labute approximate surface area is 105 Å². The summed E-state index contributed by atoms with van der Waals surface area (Å²) in [4.78, 5) is 6.76. The number of benzene rings is 1. The fourth-order valence-corrected chi connectivity index (χ4v) is 2.54. The highest BCUT2D eigenvalue weighted by Gasteiger charge is 2.08. The Kier molecular flexibility index (Phi) is 3.66. The largest absolute Gasteiger partial charge is 0.351 e. The predicted molar refractivity (Wildman–Crippen MR) is 72.8 cm³/mol. The minimum atomic E-state index is 0.219. The normalized spacial score (nSPS) is 12.9. The summed E-state index contributed by atoms with van der Waals surface area (Å²) < 4.78 is 1.24. The monoisotopic (exact) mass is 254 g/mol. The molecule has 0 aliphatic rings. The molecule has 0 aliphatic heterocycles. The van der Waals surface area contributed by atoms with E-state index in [0.29, 0.717) is 0 Å². The van der Waals surface area contributed by atoms with Crippen LogP contribution in [0.1, 0.15) is 13.3 Å². The Morgan fingerprint density at radius 2 is 2.19 bits per heavy atom. The number of para-hydroxylation sites is 1. The highest BCUT2D eigenvalue weighted by molar-refractivity contribution is 7.22. The third-order valence-corrected chi connectivity index (χ3v) is 3.84. The standard InChI is InChI=1S/C12H15ClN2S/c1-9(13)7-8-15(2)12-14-10-5-3-4-6-11(10)16-12/h3-6,9H,7-8H2,1-2H3. The molecule has 2 aromatic rings. The SMILES string of the molecule is CC(Cl)CCN(C)c1nc2ccccc2s1. The number of halogens is 1. The molecule has 1 atom stereocenters. The van der Waals surface area contributed by atoms with Gasteiger partial charge in [0.25, 0.3) is 0 Å². The van der Waals surface area contributed by atoms with Gasteiger partial charge in [-0.25, -0.2) is 4.98 Å². The van der Waals surface area contributed by atoms with E-state index in [1.54, 1.807) is 11.3 Å². The highest BCUT2D eigenvalue weighted by Crippen LogP contribution is 2.27. The fraction of sp³-hybridized carbons (Fsp3) is 0.417. The van der Waals surface area contributed by atoms with Crippen LogP contribution in [-0.2, 0) is 0 Å². The number of alkyl halides is 1. The topological polar surface area (TPSA) is 16.1 Å². The lowest BCUT2D eigenvalue weighted by atomic mass is 10.3. The smallest absolute Gasteiger partial charge is 0.186 e. The van der Waals surface area contributed by atoms with E-state index >= 15 is 0 Å². The van der Waals surface area contributed by atoms with Gasteiger partial charge in [-0.1, -0.05) is 23.5 Å². The van der Waals surface area contributed by atoms with E-state index in [2.05, 4.69) is 23.0 Å². The van der Waals surface area contributed by atoms with Crippen LogP contribution in [-0.4, -0.2) is 24.0 Å². The second-order valence-electron chi connectivity index (χ2n) is 3.96. The van der Waals surface area contributed by atoms with Crippen molar-refractivity contribution in [2.24, 2.45) is 0 Å². The van der Waals surface area contributed by atoms with Crippen LogP contribution in [0.3, 0.4) is 0 Å². The van der Waals surface area contributed by atoms with Crippen LogP contribution in [0.2, 0.25) is 0 Å². The molecule has 0 amide bonds. The van der Waals surface area contributed by atoms with Crippen molar-refractivity contribution in [2.75, 3.05) is 18.5 Å². The summed E-state index contributed by atoms with van der Waals surface area (Å²) >= 11 is 7.67. The van der Waals surface area contributed by atoms with Crippen molar-refractivity contribution in [1.82, 2.24) is 4.98 Å². The van der Waals surface area contributed by atoms with E-state index in [9.17, 15) is 0 Å². The summed E-state index contributed by atoms with van der Waals surface area (Å²) in [5.41, 5.74) is 1.08. The molecule has 0 saturated heterocycles. The van der Waals surface area contributed by atoms with Crippen molar-refractivity contribution < 1.29 is 0 Å². The van der Waals surface area contributed by atoms with Crippen LogP contribution >= 0.6 is 22.9 Å². The average molecular weight is 255 g/mol. The highest BCUT2D eigenvalue weighted by atomic mass is 35.5. The maximum Gasteiger partial charge on any atom is 0.186 e. The number of rotatable bonds is 4. The van der Waals surface area contributed by atoms with Crippen LogP contribution in [0.15, 0.2) is 24.3 Å². The number of hydrogen-bond donors (Lipinski definition) is 0. The number of anilines is 1. The molecule has 86 valence electrons. The van der Waals surface area contributed by atoms with Crippen molar-refractivity contribution in [3.8, 4) is 0 Å². The zero-order chi connectivity index (χ0) is 11.5. The van der Waals surface area contributed by atoms with Gasteiger partial charge in [-0.15, -0.1) is 11.6 Å². The zero-order valence-electron chi connectivity index (χ0n) is 9.48. The molecule has 1 aromatic heterocycles. The lowest BCUT2D eigenvalue weighted by molar-refractivity contribution is 0.772. The van der Waals surface area contributed by atoms with E-state index in [-0.39, 0.29) is 5.38 Å². The number of hydrogen-bond acceptors (Lipinski definition) is 3. The van der Waals surface area contributed by atoms with Crippen molar-refractivity contribution >= 4 is 38.3 Å². The van der Waals surface area contributed by atoms with Crippen LogP contribution in [0.4, 0.5) is 5.13 Å². The molecule has 0 spiro atoms. The summed E-state index contributed by atoms with van der Waals surface area (Å²) in [5, 5.41) is 1.29. The van der Waals surface area contributed by atoms with Crippen molar-refractivity contribution in [3.05, 3.63) is 24.3 Å². The Hall–Kier alpha value is -0.800. The Morgan fingerprint density at radius 1 is 1.44 bits per heavy atom. The predicted octanol–water partition coefficient (Wildman–Crippen LogP) is 3.75. The summed E-state index contributed by atoms with van der Waals surface area (Å²) in [7, 11) is 2.07. The number of aromatic nitrogens is 1. The van der Waals surface area contributed by atoms with Crippen molar-refractivity contribution in [1.29, 1.82) is 0 Å². The maximum atomic E-state index is 5.94. The molecule has 1 aromatic carbocycles. The van der Waals surface area contributed by atoms with Gasteiger partial charge in [-0.2, -0.15) is 0 Å². The molecule has 0 N–H and O–H groups in total. The summed E-state index contributed by atoms with van der Waals surface area (Å²) in [6.45, 7) is 2.97. The molecule has 0 radical (unpaired) electrons. The van der Waals surface area contributed by atoms with Gasteiger partial charge in [0.15, 0.2) is 5.13 Å². The Balaban J connectivity index is 2.13. The fourth-order valence-electron chi connectivity index (χ4n) is 1.49. The van der Waals surface area contributed by atoms with Gasteiger partial charge < -0.3 is 4.90 Å². The number of fused-ring (bicyclic) bond motifs is 1. The van der Waals surface area contributed by atoms with Gasteiger partial charge in [0.2, 0.25) is 0 Å². The number of nitrogens with zero attached hydrogens (tertiary/aromatic N) is 2. The zero-order valence-corrected chi connectivity index (χ0v) is 11.1. The first-order valence-electron chi connectivity index (χ1n) is 5.37. The van der Waals surface area contributed by atoms with Crippen molar-refractivity contribution in [3.63, 3.8) is 0 Å². The first kappa shape index (κ1) is 11.7. The lowest BCUT2D eigenvalue weighted by Crippen LogP contribution is -2.20. The third-order valence-electron chi connectivity index (χ3n) is 2.47. The first-order valence-corrected chi connectivity index (χ1v) is 6.63. The van der Waals surface area contributed by atoms with E-state index in [4.69, 9.17) is 11.6 Å². The molecule has 0 aliphatic carbocycles. The molecule has 4 heteroatoms. The third kappa shape index (κ3) is 2.66. The van der Waals surface area contributed by atoms with Gasteiger partial charge >= 0.3 is 0 Å². The molecule has 0 saturated carbocycles. The van der Waals surface area contributed by atoms with Crippen LogP contribution in [0, 0.1) is 0 Å². The molecular weight excluding hydrogens is 240 g/mol. The van der Waals surface area contributed by atoms with Gasteiger partial charge in [0.1, 0.15) is 0 Å². The number of thiazole rings is 1. The van der Waals surface area contributed by atoms with Crippen molar-refractivity contribution in [2.45, 2.75) is 18.7 Å². The molecule has 16 heavy (non-hydrogen) atoms. The maximum absolute atomic E-state index is 5.94. The minimum absolute atomic E-state index is 0.219. The molecular formula is C12H15ClN2S. The summed E-state index contributed by atoms with van der Waals surface area (Å²) in [6, 6.07) is 8.22. The quantitative estimate of drug-likeness (QED) is 0.773. The molecule has 2 rings (SSSR count). The van der Waals surface area contributed by atoms with E-state index in [1.807, 2.05) is 25.1 Å². The Morgan fingerprint density at radius 3 is 2.88 bits per heavy atom. The van der Waals surface area contributed by atoms with Gasteiger partial charge in [0.05, 0.1) is 10.2 Å². The van der Waals surface area contributed by atoms with Crippen LogP contribution < -0.4 is 4.90 Å². The second kappa shape index (κ2) is 5.02. The Bertz CT molecular complexity index is 434. The summed E-state index contributed by atoms with van der Waals surface area (Å²) in [6.07, 6.45) is 0.980. The second-order valence-corrected chi connectivity index (χ2v) is 5.71. The molecule has 2 nitrogen and oxygen atoms in total. The van der Waals surface area contributed by atoms with E-state index < -0.39 is 0 Å². The first-order chi connectivity index (χ1) is 7.66. The van der Waals surface area contributed by atoms with E-state index in [0.717, 1.165) is 23.6 Å². The van der Waals surface area contributed by atoms with Crippen LogP contribution in [0.25, 0.3) is 10.2 Å².